The second-order valence-electron chi connectivity index (χ2n) is 5.61. The number of benzene rings is 2. The van der Waals surface area contributed by atoms with Gasteiger partial charge in [-0.1, -0.05) is 24.3 Å². The van der Waals surface area contributed by atoms with Crippen molar-refractivity contribution in [3.8, 4) is 5.75 Å². The number of hydrogen-bond acceptors (Lipinski definition) is 6. The van der Waals surface area contributed by atoms with E-state index in [0.717, 1.165) is 10.6 Å². The Morgan fingerprint density at radius 1 is 1.15 bits per heavy atom. The van der Waals surface area contributed by atoms with Gasteiger partial charge in [0.15, 0.2) is 12.4 Å². The third-order valence-electron chi connectivity index (χ3n) is 3.81. The first-order valence-corrected chi connectivity index (χ1v) is 8.84. The van der Waals surface area contributed by atoms with Crippen LogP contribution in [0.15, 0.2) is 53.4 Å². The van der Waals surface area contributed by atoms with E-state index in [1.54, 1.807) is 24.3 Å². The summed E-state index contributed by atoms with van der Waals surface area (Å²) in [5.74, 6) is -0.613. The molecule has 1 atom stereocenters. The molecule has 0 aliphatic carbocycles. The number of rotatable bonds is 6. The SMILES string of the molecule is COc1cccc(C(=O)COC(=O)C[C@@H]2Sc3ccccc3NC2=O)c1. The van der Waals surface area contributed by atoms with Gasteiger partial charge in [0, 0.05) is 10.5 Å². The molecule has 0 saturated heterocycles. The van der Waals surface area contributed by atoms with Crippen LogP contribution < -0.4 is 10.1 Å². The number of hydrogen-bond donors (Lipinski definition) is 1. The number of carbonyl (C=O) groups is 3. The van der Waals surface area contributed by atoms with Gasteiger partial charge in [-0.15, -0.1) is 11.8 Å². The average molecular weight is 371 g/mol. The number of nitrogens with one attached hydrogen (secondary N) is 1. The van der Waals surface area contributed by atoms with E-state index in [1.165, 1.54) is 18.9 Å². The molecule has 1 aliphatic heterocycles. The summed E-state index contributed by atoms with van der Waals surface area (Å²) in [6.45, 7) is -0.373. The Morgan fingerprint density at radius 2 is 1.96 bits per heavy atom. The number of esters is 1. The molecule has 0 bridgehead atoms. The monoisotopic (exact) mass is 371 g/mol. The third kappa shape index (κ3) is 4.23. The molecule has 134 valence electrons. The first kappa shape index (κ1) is 18.0. The highest BCUT2D eigenvalue weighted by molar-refractivity contribution is 8.01. The lowest BCUT2D eigenvalue weighted by atomic mass is 10.1. The van der Waals surface area contributed by atoms with E-state index in [9.17, 15) is 14.4 Å². The first-order chi connectivity index (χ1) is 12.6. The molecule has 6 nitrogen and oxygen atoms in total. The van der Waals surface area contributed by atoms with Gasteiger partial charge in [0.05, 0.1) is 24.5 Å². The number of carbonyl (C=O) groups excluding carboxylic acids is 3. The molecule has 0 saturated carbocycles. The quantitative estimate of drug-likeness (QED) is 0.621. The molecule has 2 aromatic carbocycles. The van der Waals surface area contributed by atoms with E-state index in [-0.39, 0.29) is 24.7 Å². The van der Waals surface area contributed by atoms with Gasteiger partial charge in [0.1, 0.15) is 5.75 Å². The molecular weight excluding hydrogens is 354 g/mol. The fraction of sp³-hybridized carbons (Fsp3) is 0.211. The maximum atomic E-state index is 12.1. The number of ether oxygens (including phenoxy) is 2. The van der Waals surface area contributed by atoms with Gasteiger partial charge >= 0.3 is 5.97 Å². The molecule has 0 fully saturated rings. The Balaban J connectivity index is 1.54. The number of amides is 1. The van der Waals surface area contributed by atoms with Gasteiger partial charge in [-0.25, -0.2) is 0 Å². The highest BCUT2D eigenvalue weighted by atomic mass is 32.2. The number of para-hydroxylation sites is 1. The van der Waals surface area contributed by atoms with Crippen LogP contribution in [-0.2, 0) is 14.3 Å². The molecule has 0 spiro atoms. The zero-order chi connectivity index (χ0) is 18.5. The molecule has 1 N–H and O–H groups in total. The van der Waals surface area contributed by atoms with Crippen molar-refractivity contribution in [2.75, 3.05) is 19.0 Å². The number of fused-ring (bicyclic) bond motifs is 1. The Bertz CT molecular complexity index is 851. The van der Waals surface area contributed by atoms with Crippen molar-refractivity contribution >= 4 is 35.1 Å². The predicted molar refractivity (Wildman–Crippen MR) is 97.6 cm³/mol. The topological polar surface area (TPSA) is 81.7 Å². The second kappa shape index (κ2) is 8.05. The average Bonchev–Trinajstić information content (AvgIpc) is 2.66. The Labute approximate surface area is 154 Å². The maximum Gasteiger partial charge on any atom is 0.307 e. The number of thioether (sulfide) groups is 1. The van der Waals surface area contributed by atoms with Crippen molar-refractivity contribution in [2.45, 2.75) is 16.6 Å². The fourth-order valence-corrected chi connectivity index (χ4v) is 3.56. The number of ketones is 1. The maximum absolute atomic E-state index is 12.1. The predicted octanol–water partition coefficient (Wildman–Crippen LogP) is 2.92. The lowest BCUT2D eigenvalue weighted by Crippen LogP contribution is -2.31. The zero-order valence-electron chi connectivity index (χ0n) is 14.1. The molecule has 7 heteroatoms. The van der Waals surface area contributed by atoms with Gasteiger partial charge in [-0.05, 0) is 24.3 Å². The van der Waals surface area contributed by atoms with Crippen molar-refractivity contribution in [3.63, 3.8) is 0 Å². The second-order valence-corrected chi connectivity index (χ2v) is 6.86. The van der Waals surface area contributed by atoms with Crippen LogP contribution in [0.4, 0.5) is 5.69 Å². The molecule has 2 aromatic rings. The smallest absolute Gasteiger partial charge is 0.307 e. The van der Waals surface area contributed by atoms with Gasteiger partial charge in [0.25, 0.3) is 0 Å². The van der Waals surface area contributed by atoms with Crippen molar-refractivity contribution in [2.24, 2.45) is 0 Å². The van der Waals surface area contributed by atoms with E-state index < -0.39 is 11.2 Å². The molecule has 1 amide bonds. The van der Waals surface area contributed by atoms with Gasteiger partial charge in [-0.2, -0.15) is 0 Å². The summed E-state index contributed by atoms with van der Waals surface area (Å²) < 4.78 is 10.1. The largest absolute Gasteiger partial charge is 0.497 e. The zero-order valence-corrected chi connectivity index (χ0v) is 14.9. The molecule has 1 heterocycles. The van der Waals surface area contributed by atoms with E-state index in [4.69, 9.17) is 9.47 Å². The van der Waals surface area contributed by atoms with Crippen LogP contribution in [0.5, 0.6) is 5.75 Å². The third-order valence-corrected chi connectivity index (χ3v) is 5.09. The highest BCUT2D eigenvalue weighted by Gasteiger charge is 2.29. The van der Waals surface area contributed by atoms with Gasteiger partial charge in [-0.3, -0.25) is 14.4 Å². The first-order valence-electron chi connectivity index (χ1n) is 7.96. The standard InChI is InChI=1S/C19H17NO5S/c1-24-13-6-4-5-12(9-13)15(21)11-25-18(22)10-17-19(23)20-14-7-2-3-8-16(14)26-17/h2-9,17H,10-11H2,1H3,(H,20,23)/t17-/m0/s1. The Morgan fingerprint density at radius 3 is 2.77 bits per heavy atom. The molecule has 26 heavy (non-hydrogen) atoms. The Hall–Kier alpha value is -2.80. The van der Waals surface area contributed by atoms with Crippen LogP contribution in [0.25, 0.3) is 0 Å². The van der Waals surface area contributed by atoms with Crippen LogP contribution in [0.3, 0.4) is 0 Å². The van der Waals surface area contributed by atoms with E-state index >= 15 is 0 Å². The summed E-state index contributed by atoms with van der Waals surface area (Å²) in [7, 11) is 1.51. The lowest BCUT2D eigenvalue weighted by molar-refractivity contribution is -0.143. The number of methoxy groups -OCH3 is 1. The summed E-state index contributed by atoms with van der Waals surface area (Å²) in [6, 6.07) is 14.0. The molecule has 0 radical (unpaired) electrons. The van der Waals surface area contributed by atoms with Crippen LogP contribution >= 0.6 is 11.8 Å². The summed E-state index contributed by atoms with van der Waals surface area (Å²) in [4.78, 5) is 37.2. The molecule has 0 unspecified atom stereocenters. The number of anilines is 1. The summed E-state index contributed by atoms with van der Waals surface area (Å²) in [5, 5.41) is 2.19. The summed E-state index contributed by atoms with van der Waals surface area (Å²) in [5.41, 5.74) is 1.14. The summed E-state index contributed by atoms with van der Waals surface area (Å²) >= 11 is 1.31. The number of Topliss-reactive ketones (excluding diaryl/α,β-unsaturated/α-hetero) is 1. The van der Waals surface area contributed by atoms with Gasteiger partial charge in [0.2, 0.25) is 5.91 Å². The minimum absolute atomic E-state index is 0.101. The van der Waals surface area contributed by atoms with E-state index in [0.29, 0.717) is 11.3 Å². The normalized spacial score (nSPS) is 15.6. The molecule has 3 rings (SSSR count). The van der Waals surface area contributed by atoms with Crippen molar-refractivity contribution in [3.05, 3.63) is 54.1 Å². The van der Waals surface area contributed by atoms with Crippen molar-refractivity contribution < 1.29 is 23.9 Å². The lowest BCUT2D eigenvalue weighted by Gasteiger charge is -2.23. The van der Waals surface area contributed by atoms with E-state index in [1.807, 2.05) is 24.3 Å². The van der Waals surface area contributed by atoms with Crippen LogP contribution in [0, 0.1) is 0 Å². The van der Waals surface area contributed by atoms with Crippen molar-refractivity contribution in [1.29, 1.82) is 0 Å². The molecule has 0 aromatic heterocycles. The van der Waals surface area contributed by atoms with E-state index in [2.05, 4.69) is 5.32 Å². The minimum Gasteiger partial charge on any atom is -0.497 e. The van der Waals surface area contributed by atoms with Crippen LogP contribution in [-0.4, -0.2) is 36.6 Å². The Kier molecular flexibility index (Phi) is 5.58. The minimum atomic E-state index is -0.590. The van der Waals surface area contributed by atoms with Crippen molar-refractivity contribution in [1.82, 2.24) is 0 Å². The van der Waals surface area contributed by atoms with Gasteiger partial charge < -0.3 is 14.8 Å². The van der Waals surface area contributed by atoms with Crippen LogP contribution in [0.1, 0.15) is 16.8 Å². The fourth-order valence-electron chi connectivity index (χ4n) is 2.46. The highest BCUT2D eigenvalue weighted by Crippen LogP contribution is 2.36. The molecular formula is C19H17NO5S. The van der Waals surface area contributed by atoms with Crippen LogP contribution in [0.2, 0.25) is 0 Å². The summed E-state index contributed by atoms with van der Waals surface area (Å²) in [6.07, 6.45) is -0.101. The molecule has 1 aliphatic rings.